The minimum atomic E-state index is -0.122. The number of piperazine rings is 1. The van der Waals surface area contributed by atoms with Crippen molar-refractivity contribution in [3.8, 4) is 11.5 Å². The van der Waals surface area contributed by atoms with Crippen LogP contribution in [0.2, 0.25) is 0 Å². The predicted octanol–water partition coefficient (Wildman–Crippen LogP) is 3.63. The van der Waals surface area contributed by atoms with Crippen molar-refractivity contribution in [2.75, 3.05) is 58.4 Å². The van der Waals surface area contributed by atoms with Crippen LogP contribution in [0.3, 0.4) is 0 Å². The van der Waals surface area contributed by atoms with Gasteiger partial charge in [-0.15, -0.1) is 0 Å². The topological polar surface area (TPSA) is 28.2 Å². The smallest absolute Gasteiger partial charge is 0.146 e. The Labute approximate surface area is 179 Å². The molecule has 0 aliphatic carbocycles. The molecule has 0 unspecified atom stereocenters. The van der Waals surface area contributed by atoms with Crippen LogP contribution in [0.15, 0.2) is 42.5 Å². The van der Waals surface area contributed by atoms with Gasteiger partial charge in [0.25, 0.3) is 0 Å². The fourth-order valence-electron chi connectivity index (χ4n) is 4.72. The van der Waals surface area contributed by atoms with Crippen LogP contribution in [-0.4, -0.2) is 69.3 Å². The lowest BCUT2D eigenvalue weighted by atomic mass is 10.0. The molecule has 2 aliphatic rings. The average molecular weight is 414 g/mol. The number of hydrogen-bond acceptors (Lipinski definition) is 5. The number of benzene rings is 2. The Morgan fingerprint density at radius 1 is 0.933 bits per heavy atom. The summed E-state index contributed by atoms with van der Waals surface area (Å²) in [4.78, 5) is 7.30. The lowest BCUT2D eigenvalue weighted by Crippen LogP contribution is -2.55. The first-order valence-corrected chi connectivity index (χ1v) is 10.8. The second-order valence-corrected chi connectivity index (χ2v) is 8.23. The van der Waals surface area contributed by atoms with Crippen LogP contribution in [0.25, 0.3) is 0 Å². The molecule has 2 heterocycles. The Bertz CT molecular complexity index is 817. The number of methoxy groups -OCH3 is 2. The fourth-order valence-corrected chi connectivity index (χ4v) is 4.72. The van der Waals surface area contributed by atoms with Crippen molar-refractivity contribution in [2.24, 2.45) is 0 Å². The first kappa shape index (κ1) is 20.9. The molecule has 0 saturated carbocycles. The molecule has 2 fully saturated rings. The van der Waals surface area contributed by atoms with Gasteiger partial charge in [-0.2, -0.15) is 0 Å². The zero-order valence-corrected chi connectivity index (χ0v) is 18.0. The summed E-state index contributed by atoms with van der Waals surface area (Å²) >= 11 is 0. The van der Waals surface area contributed by atoms with Crippen molar-refractivity contribution < 1.29 is 13.9 Å². The number of rotatable bonds is 6. The van der Waals surface area contributed by atoms with Gasteiger partial charge in [-0.1, -0.05) is 12.1 Å². The maximum absolute atomic E-state index is 14.1. The zero-order valence-electron chi connectivity index (χ0n) is 18.0. The highest BCUT2D eigenvalue weighted by molar-refractivity contribution is 5.48. The van der Waals surface area contributed by atoms with Gasteiger partial charge in [-0.25, -0.2) is 4.39 Å². The van der Waals surface area contributed by atoms with Crippen molar-refractivity contribution in [1.82, 2.24) is 9.80 Å². The Morgan fingerprint density at radius 3 is 2.30 bits per heavy atom. The lowest BCUT2D eigenvalue weighted by Gasteiger charge is -2.44. The van der Waals surface area contributed by atoms with E-state index >= 15 is 0 Å². The van der Waals surface area contributed by atoms with Crippen LogP contribution in [0.1, 0.15) is 18.4 Å². The van der Waals surface area contributed by atoms with Crippen LogP contribution in [0.4, 0.5) is 10.1 Å². The summed E-state index contributed by atoms with van der Waals surface area (Å²) in [5.74, 6) is 1.55. The van der Waals surface area contributed by atoms with E-state index in [1.54, 1.807) is 26.4 Å². The van der Waals surface area contributed by atoms with Gasteiger partial charge in [-0.3, -0.25) is 9.80 Å². The molecule has 0 spiro atoms. The molecule has 1 atom stereocenters. The van der Waals surface area contributed by atoms with E-state index in [9.17, 15) is 4.39 Å². The maximum atomic E-state index is 14.1. The molecule has 2 aliphatic heterocycles. The van der Waals surface area contributed by atoms with Crippen molar-refractivity contribution in [3.05, 3.63) is 53.8 Å². The molecule has 2 saturated heterocycles. The van der Waals surface area contributed by atoms with Gasteiger partial charge >= 0.3 is 0 Å². The van der Waals surface area contributed by atoms with E-state index in [0.717, 1.165) is 63.0 Å². The maximum Gasteiger partial charge on any atom is 0.146 e. The number of hydrogen-bond donors (Lipinski definition) is 0. The number of likely N-dealkylation sites (tertiary alicyclic amines) is 1. The molecule has 2 aromatic rings. The summed E-state index contributed by atoms with van der Waals surface area (Å²) in [7, 11) is 3.38. The highest BCUT2D eigenvalue weighted by atomic mass is 19.1. The summed E-state index contributed by atoms with van der Waals surface area (Å²) in [6, 6.07) is 13.8. The zero-order chi connectivity index (χ0) is 20.9. The third-order valence-corrected chi connectivity index (χ3v) is 6.32. The van der Waals surface area contributed by atoms with Gasteiger partial charge in [0.05, 0.1) is 19.9 Å². The molecule has 30 heavy (non-hydrogen) atoms. The molecular formula is C24H32FN3O2. The molecular weight excluding hydrogens is 381 g/mol. The molecule has 2 aromatic carbocycles. The number of anilines is 1. The molecule has 4 rings (SSSR count). The first-order chi connectivity index (χ1) is 14.7. The molecule has 0 aromatic heterocycles. The number of halogens is 1. The van der Waals surface area contributed by atoms with E-state index in [1.807, 2.05) is 18.2 Å². The van der Waals surface area contributed by atoms with Gasteiger partial charge in [0.2, 0.25) is 0 Å². The standard InChI is InChI=1S/C24H32FN3O2/c1-29-21-14-19(15-22(16-21)30-2)17-26-9-5-6-20(18-26)27-10-12-28(13-11-27)24-8-4-3-7-23(24)25/h3-4,7-8,14-16,20H,5-6,9-13,17-18H2,1-2H3/t20-/m0/s1. The fraction of sp³-hybridized carbons (Fsp3) is 0.500. The average Bonchev–Trinajstić information content (AvgIpc) is 2.79. The Balaban J connectivity index is 1.34. The molecule has 0 amide bonds. The quantitative estimate of drug-likeness (QED) is 0.721. The first-order valence-electron chi connectivity index (χ1n) is 10.8. The molecule has 0 bridgehead atoms. The van der Waals surface area contributed by atoms with Crippen LogP contribution >= 0.6 is 0 Å². The number of ether oxygens (including phenoxy) is 2. The van der Waals surface area contributed by atoms with Crippen LogP contribution in [0.5, 0.6) is 11.5 Å². The van der Waals surface area contributed by atoms with Crippen LogP contribution in [0, 0.1) is 5.82 Å². The Hall–Kier alpha value is -2.31. The second-order valence-electron chi connectivity index (χ2n) is 8.23. The van der Waals surface area contributed by atoms with E-state index in [2.05, 4.69) is 26.8 Å². The predicted molar refractivity (Wildman–Crippen MR) is 118 cm³/mol. The minimum absolute atomic E-state index is 0.122. The number of piperidine rings is 1. The summed E-state index contributed by atoms with van der Waals surface area (Å²) in [5, 5.41) is 0. The van der Waals surface area contributed by atoms with E-state index in [-0.39, 0.29) is 5.82 Å². The molecule has 162 valence electrons. The monoisotopic (exact) mass is 413 g/mol. The highest BCUT2D eigenvalue weighted by Gasteiger charge is 2.28. The number of nitrogens with zero attached hydrogens (tertiary/aromatic N) is 3. The molecule has 0 N–H and O–H groups in total. The van der Waals surface area contributed by atoms with Crippen molar-refractivity contribution in [3.63, 3.8) is 0 Å². The number of para-hydroxylation sites is 1. The minimum Gasteiger partial charge on any atom is -0.497 e. The largest absolute Gasteiger partial charge is 0.497 e. The van der Waals surface area contributed by atoms with Crippen LogP contribution < -0.4 is 14.4 Å². The van der Waals surface area contributed by atoms with Gasteiger partial charge in [-0.05, 0) is 49.2 Å². The van der Waals surface area contributed by atoms with Crippen molar-refractivity contribution in [2.45, 2.75) is 25.4 Å². The van der Waals surface area contributed by atoms with E-state index in [1.165, 1.54) is 18.4 Å². The van der Waals surface area contributed by atoms with E-state index < -0.39 is 0 Å². The Kier molecular flexibility index (Phi) is 6.75. The summed E-state index contributed by atoms with van der Waals surface area (Å²) in [5.41, 5.74) is 1.95. The van der Waals surface area contributed by atoms with Crippen LogP contribution in [-0.2, 0) is 6.54 Å². The van der Waals surface area contributed by atoms with Gasteiger partial charge in [0.1, 0.15) is 17.3 Å². The van der Waals surface area contributed by atoms with Gasteiger partial charge in [0.15, 0.2) is 0 Å². The third-order valence-electron chi connectivity index (χ3n) is 6.32. The van der Waals surface area contributed by atoms with Crippen molar-refractivity contribution >= 4 is 5.69 Å². The van der Waals surface area contributed by atoms with E-state index in [4.69, 9.17) is 9.47 Å². The molecule has 0 radical (unpaired) electrons. The van der Waals surface area contributed by atoms with Crippen molar-refractivity contribution in [1.29, 1.82) is 0 Å². The molecule has 5 nitrogen and oxygen atoms in total. The second kappa shape index (κ2) is 9.67. The SMILES string of the molecule is COc1cc(CN2CCC[C@H](N3CCN(c4ccccc4F)CC3)C2)cc(OC)c1. The van der Waals surface area contributed by atoms with Gasteiger partial charge in [0, 0.05) is 51.4 Å². The Morgan fingerprint density at radius 2 is 1.63 bits per heavy atom. The third kappa shape index (κ3) is 4.87. The summed E-state index contributed by atoms with van der Waals surface area (Å²) in [6.07, 6.45) is 2.44. The van der Waals surface area contributed by atoms with E-state index in [0.29, 0.717) is 6.04 Å². The normalized spacial score (nSPS) is 20.9. The summed E-state index contributed by atoms with van der Waals surface area (Å²) < 4.78 is 25.0. The molecule has 6 heteroatoms. The summed E-state index contributed by atoms with van der Waals surface area (Å²) in [6.45, 7) is 6.82. The van der Waals surface area contributed by atoms with Gasteiger partial charge < -0.3 is 14.4 Å². The highest BCUT2D eigenvalue weighted by Crippen LogP contribution is 2.26. The lowest BCUT2D eigenvalue weighted by molar-refractivity contribution is 0.0886.